The minimum atomic E-state index is -3.72. The molecule has 2 aliphatic heterocycles. The summed E-state index contributed by atoms with van der Waals surface area (Å²) in [6.07, 6.45) is 1.16. The Hall–Kier alpha value is -1.23. The van der Waals surface area contributed by atoms with Crippen LogP contribution in [0.5, 0.6) is 5.75 Å². The molecule has 2 fully saturated rings. The highest BCUT2D eigenvalue weighted by atomic mass is 32.2. The van der Waals surface area contributed by atoms with Crippen LogP contribution >= 0.6 is 0 Å². The van der Waals surface area contributed by atoms with E-state index in [0.717, 1.165) is 32.4 Å². The quantitative estimate of drug-likeness (QED) is 0.589. The normalized spacial score (nSPS) is 29.7. The number of aliphatic hydroxyl groups is 2. The van der Waals surface area contributed by atoms with Gasteiger partial charge < -0.3 is 19.7 Å². The molecule has 2 aliphatic rings. The average molecular weight is 400 g/mol. The first-order valence-electron chi connectivity index (χ1n) is 9.28. The Bertz CT molecular complexity index is 705. The number of hydrogen-bond donors (Lipinski definition) is 3. The van der Waals surface area contributed by atoms with Gasteiger partial charge in [-0.15, -0.1) is 0 Å². The zero-order valence-corrected chi connectivity index (χ0v) is 16.3. The van der Waals surface area contributed by atoms with Gasteiger partial charge in [-0.3, -0.25) is 4.90 Å². The summed E-state index contributed by atoms with van der Waals surface area (Å²) in [7, 11) is -2.20. The van der Waals surface area contributed by atoms with Gasteiger partial charge in [0.25, 0.3) is 0 Å². The van der Waals surface area contributed by atoms with Gasteiger partial charge in [0.05, 0.1) is 30.8 Å². The molecular weight excluding hydrogens is 372 g/mol. The van der Waals surface area contributed by atoms with Crippen molar-refractivity contribution in [3.8, 4) is 5.75 Å². The summed E-state index contributed by atoms with van der Waals surface area (Å²) in [6, 6.07) is 5.79. The monoisotopic (exact) mass is 400 g/mol. The fraction of sp³-hybridized carbons (Fsp3) is 0.667. The minimum absolute atomic E-state index is 0.0308. The van der Waals surface area contributed by atoms with Crippen molar-refractivity contribution in [3.63, 3.8) is 0 Å². The lowest BCUT2D eigenvalue weighted by Crippen LogP contribution is -2.52. The molecule has 1 aromatic carbocycles. The molecule has 2 heterocycles. The molecule has 0 amide bonds. The molecule has 152 valence electrons. The number of methoxy groups -OCH3 is 1. The molecule has 1 aromatic rings. The Balaban J connectivity index is 1.69. The summed E-state index contributed by atoms with van der Waals surface area (Å²) in [4.78, 5) is 2.28. The lowest BCUT2D eigenvalue weighted by molar-refractivity contribution is -0.0201. The van der Waals surface area contributed by atoms with Crippen LogP contribution < -0.4 is 9.46 Å². The molecule has 9 heteroatoms. The molecule has 3 rings (SSSR count). The number of nitrogens with one attached hydrogen (secondary N) is 1. The highest BCUT2D eigenvalue weighted by molar-refractivity contribution is 7.89. The van der Waals surface area contributed by atoms with Gasteiger partial charge in [0.15, 0.2) is 0 Å². The zero-order chi connectivity index (χ0) is 19.4. The average Bonchev–Trinajstić information content (AvgIpc) is 3.02. The van der Waals surface area contributed by atoms with Gasteiger partial charge in [-0.1, -0.05) is 6.42 Å². The van der Waals surface area contributed by atoms with E-state index < -0.39 is 28.3 Å². The molecule has 0 bridgehead atoms. The van der Waals surface area contributed by atoms with Gasteiger partial charge in [0.2, 0.25) is 10.0 Å². The molecule has 0 saturated carbocycles. The highest BCUT2D eigenvalue weighted by Gasteiger charge is 2.46. The van der Waals surface area contributed by atoms with Crippen LogP contribution in [-0.2, 0) is 14.8 Å². The predicted molar refractivity (Wildman–Crippen MR) is 99.1 cm³/mol. The lowest BCUT2D eigenvalue weighted by atomic mass is 9.99. The zero-order valence-electron chi connectivity index (χ0n) is 15.5. The van der Waals surface area contributed by atoms with Gasteiger partial charge in [-0.2, -0.15) is 0 Å². The van der Waals surface area contributed by atoms with Crippen molar-refractivity contribution in [3.05, 3.63) is 24.3 Å². The third kappa shape index (κ3) is 4.61. The minimum Gasteiger partial charge on any atom is -0.497 e. The first kappa shape index (κ1) is 20.5. The number of likely N-dealkylation sites (tertiary alicyclic amines) is 1. The van der Waals surface area contributed by atoms with Crippen LogP contribution in [0.3, 0.4) is 0 Å². The van der Waals surface area contributed by atoms with Crippen LogP contribution in [0.15, 0.2) is 29.2 Å². The second-order valence-corrected chi connectivity index (χ2v) is 8.77. The van der Waals surface area contributed by atoms with E-state index in [1.54, 1.807) is 12.1 Å². The number of sulfonamides is 1. The Morgan fingerprint density at radius 2 is 1.85 bits per heavy atom. The molecule has 27 heavy (non-hydrogen) atoms. The van der Waals surface area contributed by atoms with E-state index in [9.17, 15) is 18.6 Å². The third-order valence-corrected chi connectivity index (χ3v) is 6.74. The van der Waals surface area contributed by atoms with E-state index >= 15 is 0 Å². The summed E-state index contributed by atoms with van der Waals surface area (Å²) >= 11 is 0. The Kier molecular flexibility index (Phi) is 6.72. The number of rotatable bonds is 7. The van der Waals surface area contributed by atoms with Gasteiger partial charge in [0, 0.05) is 6.54 Å². The van der Waals surface area contributed by atoms with Gasteiger partial charge >= 0.3 is 0 Å². The Labute approximate surface area is 160 Å². The first-order chi connectivity index (χ1) is 13.0. The maximum Gasteiger partial charge on any atom is 0.240 e. The van der Waals surface area contributed by atoms with Gasteiger partial charge in [-0.05, 0) is 50.2 Å². The Morgan fingerprint density at radius 3 is 2.44 bits per heavy atom. The van der Waals surface area contributed by atoms with Crippen LogP contribution in [0, 0.1) is 0 Å². The molecule has 0 radical (unpaired) electrons. The molecule has 3 N–H and O–H groups in total. The predicted octanol–water partition coefficient (Wildman–Crippen LogP) is -0.0514. The van der Waals surface area contributed by atoms with Crippen LogP contribution in [0.2, 0.25) is 0 Å². The topological polar surface area (TPSA) is 108 Å². The molecule has 0 spiro atoms. The highest BCUT2D eigenvalue weighted by Crippen LogP contribution is 2.28. The SMILES string of the molecule is COc1ccc(S(=O)(=O)NCC2OC(CO)C(O)C2N2CCCCC2)cc1. The summed E-state index contributed by atoms with van der Waals surface area (Å²) in [5.74, 6) is 0.576. The van der Waals surface area contributed by atoms with E-state index in [-0.39, 0.29) is 24.1 Å². The van der Waals surface area contributed by atoms with Crippen molar-refractivity contribution in [2.75, 3.05) is 33.4 Å². The Morgan fingerprint density at radius 1 is 1.19 bits per heavy atom. The van der Waals surface area contributed by atoms with E-state index in [1.165, 1.54) is 19.2 Å². The maximum absolute atomic E-state index is 12.6. The van der Waals surface area contributed by atoms with Crippen molar-refractivity contribution in [1.82, 2.24) is 9.62 Å². The standard InChI is InChI=1S/C18H28N2O6S/c1-25-13-5-7-14(8-6-13)27(23,24)19-11-15-17(18(22)16(12-21)26-15)20-9-3-2-4-10-20/h5-8,15-19,21-22H,2-4,9-12H2,1H3. The molecule has 4 atom stereocenters. The number of piperidine rings is 1. The van der Waals surface area contributed by atoms with Gasteiger partial charge in [-0.25, -0.2) is 13.1 Å². The summed E-state index contributed by atoms with van der Waals surface area (Å²) in [5, 5.41) is 20.0. The second kappa shape index (κ2) is 8.85. The number of hydrogen-bond acceptors (Lipinski definition) is 7. The molecule has 0 aliphatic carbocycles. The van der Waals surface area contributed by atoms with Gasteiger partial charge in [0.1, 0.15) is 18.0 Å². The largest absolute Gasteiger partial charge is 0.497 e. The van der Waals surface area contributed by atoms with Crippen molar-refractivity contribution in [1.29, 1.82) is 0 Å². The molecule has 4 unspecified atom stereocenters. The summed E-state index contributed by atoms with van der Waals surface area (Å²) in [5.41, 5.74) is 0. The molecule has 2 saturated heterocycles. The number of benzene rings is 1. The first-order valence-corrected chi connectivity index (χ1v) is 10.8. The third-order valence-electron chi connectivity index (χ3n) is 5.30. The van der Waals surface area contributed by atoms with Crippen LogP contribution in [0.1, 0.15) is 19.3 Å². The van der Waals surface area contributed by atoms with Crippen LogP contribution in [-0.4, -0.2) is 81.2 Å². The molecular formula is C18H28N2O6S. The fourth-order valence-corrected chi connectivity index (χ4v) is 4.89. The molecule has 0 aromatic heterocycles. The maximum atomic E-state index is 12.6. The second-order valence-electron chi connectivity index (χ2n) is 7.00. The van der Waals surface area contributed by atoms with E-state index in [2.05, 4.69) is 9.62 Å². The van der Waals surface area contributed by atoms with Crippen molar-refractivity contribution >= 4 is 10.0 Å². The van der Waals surface area contributed by atoms with Crippen molar-refractivity contribution in [2.24, 2.45) is 0 Å². The van der Waals surface area contributed by atoms with E-state index in [4.69, 9.17) is 9.47 Å². The van der Waals surface area contributed by atoms with E-state index in [1.807, 2.05) is 0 Å². The number of ether oxygens (including phenoxy) is 2. The summed E-state index contributed by atoms with van der Waals surface area (Å²) in [6.45, 7) is 1.41. The van der Waals surface area contributed by atoms with Crippen LogP contribution in [0.4, 0.5) is 0 Å². The fourth-order valence-electron chi connectivity index (χ4n) is 3.84. The lowest BCUT2D eigenvalue weighted by Gasteiger charge is -2.36. The van der Waals surface area contributed by atoms with Crippen molar-refractivity contribution in [2.45, 2.75) is 48.5 Å². The van der Waals surface area contributed by atoms with E-state index in [0.29, 0.717) is 5.75 Å². The number of nitrogens with zero attached hydrogens (tertiary/aromatic N) is 1. The summed E-state index contributed by atoms with van der Waals surface area (Å²) < 4.78 is 38.5. The van der Waals surface area contributed by atoms with Crippen LogP contribution in [0.25, 0.3) is 0 Å². The smallest absolute Gasteiger partial charge is 0.240 e. The van der Waals surface area contributed by atoms with Crippen molar-refractivity contribution < 1.29 is 28.1 Å². The number of aliphatic hydroxyl groups excluding tert-OH is 2. The molecule has 8 nitrogen and oxygen atoms in total.